The zero-order chi connectivity index (χ0) is 25.4. The molecule has 5 heteroatoms. The van der Waals surface area contributed by atoms with Crippen LogP contribution in [0.25, 0.3) is 0 Å². The lowest BCUT2D eigenvalue weighted by Gasteiger charge is -2.31. The minimum absolute atomic E-state index is 0.0807. The summed E-state index contributed by atoms with van der Waals surface area (Å²) in [4.78, 5) is 2.07. The lowest BCUT2D eigenvalue weighted by Crippen LogP contribution is -2.14. The van der Waals surface area contributed by atoms with E-state index in [1.165, 1.54) is 0 Å². The molecule has 3 N–H and O–H groups in total. The van der Waals surface area contributed by atoms with Crippen molar-refractivity contribution < 1.29 is 20.1 Å². The molecule has 0 unspecified atom stereocenters. The lowest BCUT2D eigenvalue weighted by molar-refractivity contribution is 0.409. The Hall–Kier alpha value is -4.12. The van der Waals surface area contributed by atoms with Crippen LogP contribution in [0, 0.1) is 41.5 Å². The first kappa shape index (κ1) is 24.0. The van der Waals surface area contributed by atoms with Crippen LogP contribution in [0.3, 0.4) is 0 Å². The molecule has 0 aliphatic heterocycles. The van der Waals surface area contributed by atoms with Gasteiger partial charge < -0.3 is 25.0 Å². The summed E-state index contributed by atoms with van der Waals surface area (Å²) in [5.41, 5.74) is 7.68. The number of hydrogen-bond acceptors (Lipinski definition) is 5. The van der Waals surface area contributed by atoms with E-state index in [9.17, 15) is 15.3 Å². The van der Waals surface area contributed by atoms with Gasteiger partial charge in [0, 0.05) is 11.4 Å². The molecule has 0 bridgehead atoms. The SMILES string of the molecule is Cc1cc(C)c(Oc2ccccc2N(c2ccc(O)c(C)c2C)c2ccc(O)c(C)c2C)c(O)c1. The molecule has 0 saturated carbocycles. The number of nitrogens with zero attached hydrogens (tertiary/aromatic N) is 1. The zero-order valence-electron chi connectivity index (χ0n) is 21.0. The summed E-state index contributed by atoms with van der Waals surface area (Å²) in [6.07, 6.45) is 0. The van der Waals surface area contributed by atoms with Gasteiger partial charge in [-0.3, -0.25) is 0 Å². The number of benzene rings is 4. The van der Waals surface area contributed by atoms with Crippen molar-refractivity contribution in [2.24, 2.45) is 0 Å². The van der Waals surface area contributed by atoms with Gasteiger partial charge in [0.05, 0.1) is 5.69 Å². The molecule has 35 heavy (non-hydrogen) atoms. The van der Waals surface area contributed by atoms with E-state index in [-0.39, 0.29) is 17.2 Å². The van der Waals surface area contributed by atoms with Gasteiger partial charge in [0.15, 0.2) is 17.2 Å². The average molecular weight is 470 g/mol. The molecule has 0 radical (unpaired) electrons. The molecular weight excluding hydrogens is 438 g/mol. The van der Waals surface area contributed by atoms with E-state index in [2.05, 4.69) is 4.90 Å². The summed E-state index contributed by atoms with van der Waals surface area (Å²) in [6, 6.07) is 18.4. The first-order chi connectivity index (χ1) is 16.6. The van der Waals surface area contributed by atoms with Gasteiger partial charge in [-0.25, -0.2) is 0 Å². The minimum atomic E-state index is 0.0807. The Morgan fingerprint density at radius 3 is 1.66 bits per heavy atom. The Morgan fingerprint density at radius 1 is 0.571 bits per heavy atom. The molecule has 0 heterocycles. The number of hydrogen-bond donors (Lipinski definition) is 3. The Kier molecular flexibility index (Phi) is 6.35. The van der Waals surface area contributed by atoms with Gasteiger partial charge in [-0.1, -0.05) is 18.2 Å². The van der Waals surface area contributed by atoms with Crippen molar-refractivity contribution in [3.05, 3.63) is 94.0 Å². The summed E-state index contributed by atoms with van der Waals surface area (Å²) >= 11 is 0. The normalized spacial score (nSPS) is 10.9. The van der Waals surface area contributed by atoms with Crippen LogP contribution in [-0.4, -0.2) is 15.3 Å². The standard InChI is InChI=1S/C30H31NO4/c1-17-15-18(2)30(28(34)16-17)35-29-10-8-7-9-25(29)31(23-11-13-26(32)21(5)19(23)3)24-12-14-27(33)22(6)20(24)4/h7-16,32-34H,1-6H3. The molecule has 5 nitrogen and oxygen atoms in total. The number of ether oxygens (including phenoxy) is 1. The molecule has 4 aromatic rings. The highest BCUT2D eigenvalue weighted by Crippen LogP contribution is 2.47. The smallest absolute Gasteiger partial charge is 0.172 e. The maximum absolute atomic E-state index is 10.6. The molecule has 180 valence electrons. The Morgan fingerprint density at radius 2 is 1.11 bits per heavy atom. The molecule has 0 amide bonds. The number of rotatable bonds is 5. The van der Waals surface area contributed by atoms with Crippen LogP contribution in [0.2, 0.25) is 0 Å². The van der Waals surface area contributed by atoms with Gasteiger partial charge in [-0.15, -0.1) is 0 Å². The Balaban J connectivity index is 1.98. The predicted molar refractivity (Wildman–Crippen MR) is 141 cm³/mol. The third-order valence-corrected chi connectivity index (χ3v) is 6.66. The van der Waals surface area contributed by atoms with Gasteiger partial charge in [0.2, 0.25) is 0 Å². The maximum atomic E-state index is 10.6. The molecule has 0 fully saturated rings. The number of phenols is 3. The first-order valence-electron chi connectivity index (χ1n) is 11.6. The molecule has 0 aliphatic rings. The van der Waals surface area contributed by atoms with Crippen LogP contribution < -0.4 is 9.64 Å². The highest BCUT2D eigenvalue weighted by Gasteiger charge is 2.23. The highest BCUT2D eigenvalue weighted by atomic mass is 16.5. The molecule has 0 saturated heterocycles. The predicted octanol–water partition coefficient (Wildman–Crippen LogP) is 7.92. The third kappa shape index (κ3) is 4.37. The summed E-state index contributed by atoms with van der Waals surface area (Å²) in [5.74, 6) is 1.51. The van der Waals surface area contributed by atoms with Crippen molar-refractivity contribution in [1.29, 1.82) is 0 Å². The van der Waals surface area contributed by atoms with Crippen LogP contribution in [0.4, 0.5) is 17.1 Å². The van der Waals surface area contributed by atoms with Gasteiger partial charge in [0.1, 0.15) is 11.5 Å². The average Bonchev–Trinajstić information content (AvgIpc) is 2.82. The van der Waals surface area contributed by atoms with E-state index in [0.29, 0.717) is 11.5 Å². The van der Waals surface area contributed by atoms with Crippen LogP contribution in [0.1, 0.15) is 33.4 Å². The van der Waals surface area contributed by atoms with E-state index in [1.807, 2.05) is 84.0 Å². The fourth-order valence-electron chi connectivity index (χ4n) is 4.36. The summed E-state index contributed by atoms with van der Waals surface area (Å²) in [6.45, 7) is 11.6. The number of anilines is 3. The summed E-state index contributed by atoms with van der Waals surface area (Å²) < 4.78 is 6.35. The molecule has 0 aliphatic carbocycles. The van der Waals surface area contributed by atoms with E-state index < -0.39 is 0 Å². The molecule has 0 spiro atoms. The number of phenolic OH excluding ortho intramolecular Hbond substituents is 3. The van der Waals surface area contributed by atoms with Crippen LogP contribution in [-0.2, 0) is 0 Å². The number of aryl methyl sites for hydroxylation is 2. The number of para-hydroxylation sites is 2. The highest BCUT2D eigenvalue weighted by molar-refractivity contribution is 5.85. The van der Waals surface area contributed by atoms with E-state index >= 15 is 0 Å². The number of aromatic hydroxyl groups is 3. The molecule has 0 atom stereocenters. The monoisotopic (exact) mass is 469 g/mol. The Labute approximate surface area is 206 Å². The lowest BCUT2D eigenvalue weighted by atomic mass is 10.0. The van der Waals surface area contributed by atoms with E-state index in [0.717, 1.165) is 50.4 Å². The topological polar surface area (TPSA) is 73.2 Å². The van der Waals surface area contributed by atoms with Crippen molar-refractivity contribution in [2.45, 2.75) is 41.5 Å². The van der Waals surface area contributed by atoms with Gasteiger partial charge in [-0.05, 0) is 117 Å². The Bertz CT molecular complexity index is 1340. The summed E-state index contributed by atoms with van der Waals surface area (Å²) in [5, 5.41) is 31.2. The zero-order valence-corrected chi connectivity index (χ0v) is 21.0. The van der Waals surface area contributed by atoms with Crippen molar-refractivity contribution in [1.82, 2.24) is 0 Å². The second kappa shape index (κ2) is 9.26. The van der Waals surface area contributed by atoms with Crippen LogP contribution in [0.5, 0.6) is 28.7 Å². The first-order valence-corrected chi connectivity index (χ1v) is 11.6. The largest absolute Gasteiger partial charge is 0.508 e. The molecule has 0 aromatic heterocycles. The maximum Gasteiger partial charge on any atom is 0.172 e. The fraction of sp³-hybridized carbons (Fsp3) is 0.200. The van der Waals surface area contributed by atoms with Gasteiger partial charge in [0.25, 0.3) is 0 Å². The van der Waals surface area contributed by atoms with Gasteiger partial charge in [-0.2, -0.15) is 0 Å². The van der Waals surface area contributed by atoms with Crippen molar-refractivity contribution in [2.75, 3.05) is 4.90 Å². The quantitative estimate of drug-likeness (QED) is 0.277. The minimum Gasteiger partial charge on any atom is -0.508 e. The van der Waals surface area contributed by atoms with Crippen molar-refractivity contribution in [3.8, 4) is 28.7 Å². The van der Waals surface area contributed by atoms with Crippen molar-refractivity contribution >= 4 is 17.1 Å². The molecule has 4 rings (SSSR count). The fourth-order valence-corrected chi connectivity index (χ4v) is 4.36. The molecule has 4 aromatic carbocycles. The third-order valence-electron chi connectivity index (χ3n) is 6.66. The summed E-state index contributed by atoms with van der Waals surface area (Å²) in [7, 11) is 0. The second-order valence-electron chi connectivity index (χ2n) is 9.04. The van der Waals surface area contributed by atoms with E-state index in [4.69, 9.17) is 4.74 Å². The van der Waals surface area contributed by atoms with Crippen LogP contribution >= 0.6 is 0 Å². The van der Waals surface area contributed by atoms with Crippen LogP contribution in [0.15, 0.2) is 60.7 Å². The second-order valence-corrected chi connectivity index (χ2v) is 9.04. The van der Waals surface area contributed by atoms with E-state index in [1.54, 1.807) is 18.2 Å². The molecular formula is C30H31NO4. The van der Waals surface area contributed by atoms with Gasteiger partial charge >= 0.3 is 0 Å². The van der Waals surface area contributed by atoms with Crippen molar-refractivity contribution in [3.63, 3.8) is 0 Å².